The average Bonchev–Trinajstić information content (AvgIpc) is 2.18. The Morgan fingerprint density at radius 3 is 2.64 bits per heavy atom. The summed E-state index contributed by atoms with van der Waals surface area (Å²) in [4.78, 5) is 1.20. The van der Waals surface area contributed by atoms with Gasteiger partial charge in [0.15, 0.2) is 0 Å². The number of nitrogens with zero attached hydrogens (tertiary/aromatic N) is 2. The van der Waals surface area contributed by atoms with Crippen LogP contribution in [0.1, 0.15) is 0 Å². The fourth-order valence-corrected chi connectivity index (χ4v) is 1.47. The van der Waals surface area contributed by atoms with Crippen molar-refractivity contribution >= 4 is 23.9 Å². The molecule has 5 heteroatoms. The van der Waals surface area contributed by atoms with Crippen LogP contribution in [-0.2, 0) is 0 Å². The minimum Gasteiger partial charge on any atom is -0.369 e. The molecule has 0 aliphatic carbocycles. The van der Waals surface area contributed by atoms with Crippen LogP contribution < -0.4 is 11.5 Å². The monoisotopic (exact) mass is 208 g/mol. The minimum absolute atomic E-state index is 0.0223. The van der Waals surface area contributed by atoms with E-state index in [2.05, 4.69) is 10.2 Å². The highest BCUT2D eigenvalue weighted by atomic mass is 32.2. The molecule has 0 fully saturated rings. The van der Waals surface area contributed by atoms with Crippen LogP contribution in [0.2, 0.25) is 0 Å². The van der Waals surface area contributed by atoms with E-state index in [0.717, 1.165) is 5.75 Å². The van der Waals surface area contributed by atoms with E-state index in [1.54, 1.807) is 18.0 Å². The molecule has 0 spiro atoms. The lowest BCUT2D eigenvalue weighted by atomic mass is 10.4. The van der Waals surface area contributed by atoms with Gasteiger partial charge in [-0.15, -0.1) is 16.9 Å². The summed E-state index contributed by atoms with van der Waals surface area (Å²) in [6, 6.07) is 10.1. The smallest absolute Gasteiger partial charge is 0.211 e. The number of hydrogen-bond donors (Lipinski definition) is 2. The molecule has 1 aromatic rings. The van der Waals surface area contributed by atoms with Gasteiger partial charge in [0, 0.05) is 16.9 Å². The molecule has 0 aliphatic rings. The van der Waals surface area contributed by atoms with Crippen molar-refractivity contribution < 1.29 is 0 Å². The molecule has 0 radical (unpaired) electrons. The van der Waals surface area contributed by atoms with Gasteiger partial charge in [-0.1, -0.05) is 18.2 Å². The average molecular weight is 208 g/mol. The van der Waals surface area contributed by atoms with Crippen LogP contribution in [0, 0.1) is 0 Å². The van der Waals surface area contributed by atoms with E-state index < -0.39 is 0 Å². The third-order valence-corrected chi connectivity index (χ3v) is 2.24. The van der Waals surface area contributed by atoms with Crippen LogP contribution in [-0.4, -0.2) is 17.9 Å². The van der Waals surface area contributed by atoms with Crippen molar-refractivity contribution in [2.75, 3.05) is 5.75 Å². The number of nitrogens with two attached hydrogens (primary N) is 2. The Morgan fingerprint density at radius 1 is 1.29 bits per heavy atom. The zero-order valence-corrected chi connectivity index (χ0v) is 8.45. The van der Waals surface area contributed by atoms with Crippen molar-refractivity contribution in [2.24, 2.45) is 21.7 Å². The van der Waals surface area contributed by atoms with E-state index in [1.165, 1.54) is 4.90 Å². The summed E-state index contributed by atoms with van der Waals surface area (Å²) in [5.74, 6) is 0.729. The third kappa shape index (κ3) is 4.51. The van der Waals surface area contributed by atoms with Gasteiger partial charge in [0.05, 0.1) is 0 Å². The summed E-state index contributed by atoms with van der Waals surface area (Å²) in [5, 5.41) is 7.16. The second kappa shape index (κ2) is 6.04. The molecule has 0 unspecified atom stereocenters. The Kier molecular flexibility index (Phi) is 4.57. The Morgan fingerprint density at radius 2 is 2.00 bits per heavy atom. The van der Waals surface area contributed by atoms with Gasteiger partial charge in [-0.25, -0.2) is 0 Å². The predicted molar refractivity (Wildman–Crippen MR) is 61.5 cm³/mol. The molecule has 0 atom stereocenters. The van der Waals surface area contributed by atoms with E-state index in [0.29, 0.717) is 0 Å². The minimum atomic E-state index is -0.0223. The largest absolute Gasteiger partial charge is 0.369 e. The van der Waals surface area contributed by atoms with Gasteiger partial charge < -0.3 is 11.5 Å². The molecule has 0 aliphatic heterocycles. The van der Waals surface area contributed by atoms with Gasteiger partial charge in [-0.05, 0) is 12.1 Å². The lowest BCUT2D eigenvalue weighted by Crippen LogP contribution is -2.21. The maximum atomic E-state index is 5.09. The quantitative estimate of drug-likeness (QED) is 0.336. The lowest BCUT2D eigenvalue weighted by molar-refractivity contribution is 1.21. The van der Waals surface area contributed by atoms with Crippen molar-refractivity contribution in [3.63, 3.8) is 0 Å². The molecule has 74 valence electrons. The second-order valence-electron chi connectivity index (χ2n) is 2.45. The normalized spacial score (nSPS) is 10.3. The van der Waals surface area contributed by atoms with Crippen LogP contribution in [0.5, 0.6) is 0 Å². The topological polar surface area (TPSA) is 76.8 Å². The zero-order valence-electron chi connectivity index (χ0n) is 7.63. The second-order valence-corrected chi connectivity index (χ2v) is 3.54. The van der Waals surface area contributed by atoms with Gasteiger partial charge in [0.2, 0.25) is 5.96 Å². The first-order valence-electron chi connectivity index (χ1n) is 4.07. The van der Waals surface area contributed by atoms with Gasteiger partial charge in [0.25, 0.3) is 0 Å². The summed E-state index contributed by atoms with van der Waals surface area (Å²) in [6.45, 7) is 0. The molecule has 4 nitrogen and oxygen atoms in total. The Bertz CT molecular complexity index is 317. The van der Waals surface area contributed by atoms with Crippen LogP contribution in [0.3, 0.4) is 0 Å². The van der Waals surface area contributed by atoms with Crippen LogP contribution >= 0.6 is 11.8 Å². The molecule has 0 heterocycles. The van der Waals surface area contributed by atoms with Crippen molar-refractivity contribution in [3.05, 3.63) is 30.3 Å². The molecule has 1 aromatic carbocycles. The number of thioether (sulfide) groups is 1. The van der Waals surface area contributed by atoms with Crippen molar-refractivity contribution in [1.82, 2.24) is 0 Å². The molecule has 0 saturated carbocycles. The molecule has 1 rings (SSSR count). The molecule has 4 N–H and O–H groups in total. The van der Waals surface area contributed by atoms with E-state index in [9.17, 15) is 0 Å². The number of guanidine groups is 1. The molecule has 0 aromatic heterocycles. The summed E-state index contributed by atoms with van der Waals surface area (Å²) in [7, 11) is 0. The Hall–Kier alpha value is -1.49. The summed E-state index contributed by atoms with van der Waals surface area (Å²) in [5.41, 5.74) is 10.2. The number of hydrogen-bond acceptors (Lipinski definition) is 3. The van der Waals surface area contributed by atoms with E-state index in [1.807, 2.05) is 30.3 Å². The number of benzene rings is 1. The molecule has 0 amide bonds. The summed E-state index contributed by atoms with van der Waals surface area (Å²) >= 11 is 1.67. The van der Waals surface area contributed by atoms with Gasteiger partial charge in [0.1, 0.15) is 0 Å². The maximum Gasteiger partial charge on any atom is 0.211 e. The third-order valence-electron chi connectivity index (χ3n) is 1.32. The van der Waals surface area contributed by atoms with Crippen molar-refractivity contribution in [3.8, 4) is 0 Å². The first-order valence-corrected chi connectivity index (χ1v) is 5.06. The fourth-order valence-electron chi connectivity index (χ4n) is 0.791. The maximum absolute atomic E-state index is 5.09. The van der Waals surface area contributed by atoms with Gasteiger partial charge in [-0.3, -0.25) is 0 Å². The molecule has 0 bridgehead atoms. The van der Waals surface area contributed by atoms with Gasteiger partial charge >= 0.3 is 0 Å². The van der Waals surface area contributed by atoms with Gasteiger partial charge in [-0.2, -0.15) is 5.10 Å². The highest BCUT2D eigenvalue weighted by Crippen LogP contribution is 2.15. The first kappa shape index (κ1) is 10.6. The van der Waals surface area contributed by atoms with E-state index in [-0.39, 0.29) is 5.96 Å². The molecule has 14 heavy (non-hydrogen) atoms. The Labute approximate surface area is 87.1 Å². The fraction of sp³-hybridized carbons (Fsp3) is 0.111. The van der Waals surface area contributed by atoms with Crippen LogP contribution in [0.15, 0.2) is 45.4 Å². The Balaban J connectivity index is 2.29. The molecular weight excluding hydrogens is 196 g/mol. The number of rotatable bonds is 4. The summed E-state index contributed by atoms with van der Waals surface area (Å²) in [6.07, 6.45) is 1.66. The van der Waals surface area contributed by atoms with Crippen molar-refractivity contribution in [1.29, 1.82) is 0 Å². The summed E-state index contributed by atoms with van der Waals surface area (Å²) < 4.78 is 0. The highest BCUT2D eigenvalue weighted by Gasteiger charge is 1.88. The predicted octanol–water partition coefficient (Wildman–Crippen LogP) is 1.04. The van der Waals surface area contributed by atoms with Crippen LogP contribution in [0.4, 0.5) is 0 Å². The zero-order chi connectivity index (χ0) is 10.2. The molecular formula is C9H12N4S. The lowest BCUT2D eigenvalue weighted by Gasteiger charge is -1.94. The van der Waals surface area contributed by atoms with E-state index in [4.69, 9.17) is 11.5 Å². The van der Waals surface area contributed by atoms with E-state index >= 15 is 0 Å². The highest BCUT2D eigenvalue weighted by molar-refractivity contribution is 7.99. The van der Waals surface area contributed by atoms with Crippen molar-refractivity contribution in [2.45, 2.75) is 4.90 Å². The SMILES string of the molecule is NC(N)=N/N=C/CSc1ccccc1. The first-order chi connectivity index (χ1) is 6.79. The standard InChI is InChI=1S/C9H12N4S/c10-9(11)13-12-6-7-14-8-4-2-1-3-5-8/h1-6H,7H2,(H4,10,11,13)/b12-6+. The van der Waals surface area contributed by atoms with Crippen LogP contribution in [0.25, 0.3) is 0 Å². The molecule has 0 saturated heterocycles.